The van der Waals surface area contributed by atoms with E-state index in [1.165, 1.54) is 12.0 Å². The van der Waals surface area contributed by atoms with Crippen molar-refractivity contribution in [1.82, 2.24) is 20.5 Å². The molecule has 0 radical (unpaired) electrons. The Bertz CT molecular complexity index is 1550. The number of aliphatic hydroxyl groups is 1. The van der Waals surface area contributed by atoms with Gasteiger partial charge in [-0.1, -0.05) is 81.4 Å². The molecule has 3 N–H and O–H groups in total. The van der Waals surface area contributed by atoms with Gasteiger partial charge in [0.1, 0.15) is 12.1 Å². The number of nitrogens with one attached hydrogen (secondary N) is 2. The van der Waals surface area contributed by atoms with Gasteiger partial charge in [-0.2, -0.15) is 0 Å². The molecule has 268 valence electrons. The molecule has 2 fully saturated rings. The van der Waals surface area contributed by atoms with Crippen LogP contribution in [0, 0.1) is 11.3 Å². The van der Waals surface area contributed by atoms with Crippen molar-refractivity contribution in [2.75, 3.05) is 26.9 Å². The molecule has 50 heavy (non-hydrogen) atoms. The van der Waals surface area contributed by atoms with Gasteiger partial charge in [-0.15, -0.1) is 0 Å². The number of carbonyl (C=O) groups excluding carboxylic acids is 3. The second kappa shape index (κ2) is 16.9. The standard InChI is InChI=1S/C38H48N4O8/c1-38(2,3)33(41-36(45)47-4)34(44)40-28(20-25-13-15-27(16-14-25)31-12-8-9-18-39-31)21-29(43)23-42(22-26-10-6-5-7-11-26)37(46)50-32-24-49-35-30(32)17-19-48-35/h5-16,18,28-30,32-33,35,43H,17,19-24H2,1-4H3,(H,40,44)(H,41,45)/t28?,29?,30-,32+,33?,35+/m1/s1. The van der Waals surface area contributed by atoms with Crippen molar-refractivity contribution in [3.8, 4) is 11.3 Å². The van der Waals surface area contributed by atoms with E-state index in [2.05, 4.69) is 15.6 Å². The highest BCUT2D eigenvalue weighted by Gasteiger charge is 2.44. The van der Waals surface area contributed by atoms with E-state index in [0.717, 1.165) is 28.8 Å². The molecule has 0 aliphatic carbocycles. The van der Waals surface area contributed by atoms with Crippen LogP contribution in [-0.2, 0) is 36.7 Å². The molecule has 2 aromatic carbocycles. The summed E-state index contributed by atoms with van der Waals surface area (Å²) < 4.78 is 22.0. The van der Waals surface area contributed by atoms with Crippen molar-refractivity contribution in [1.29, 1.82) is 0 Å². The summed E-state index contributed by atoms with van der Waals surface area (Å²) in [6, 6.07) is 21.6. The summed E-state index contributed by atoms with van der Waals surface area (Å²) in [5.41, 5.74) is 2.94. The number of pyridine rings is 1. The van der Waals surface area contributed by atoms with Crippen LogP contribution in [-0.4, -0.2) is 90.5 Å². The molecule has 2 saturated heterocycles. The molecular weight excluding hydrogens is 640 g/mol. The molecule has 2 aliphatic rings. The van der Waals surface area contributed by atoms with Gasteiger partial charge in [-0.25, -0.2) is 9.59 Å². The van der Waals surface area contributed by atoms with E-state index in [4.69, 9.17) is 18.9 Å². The van der Waals surface area contributed by atoms with Gasteiger partial charge in [-0.05, 0) is 47.9 Å². The molecule has 3 unspecified atom stereocenters. The zero-order valence-electron chi connectivity index (χ0n) is 29.1. The van der Waals surface area contributed by atoms with Crippen LogP contribution in [0.15, 0.2) is 79.0 Å². The predicted molar refractivity (Wildman–Crippen MR) is 186 cm³/mol. The fourth-order valence-corrected chi connectivity index (χ4v) is 6.38. The zero-order chi connectivity index (χ0) is 35.7. The number of aromatic nitrogens is 1. The quantitative estimate of drug-likeness (QED) is 0.233. The lowest BCUT2D eigenvalue weighted by atomic mass is 9.85. The Balaban J connectivity index is 1.33. The van der Waals surface area contributed by atoms with E-state index in [-0.39, 0.29) is 38.3 Å². The number of fused-ring (bicyclic) bond motifs is 1. The third-order valence-electron chi connectivity index (χ3n) is 9.02. The first-order chi connectivity index (χ1) is 24.0. The van der Waals surface area contributed by atoms with E-state index in [0.29, 0.717) is 13.0 Å². The molecular formula is C38H48N4O8. The van der Waals surface area contributed by atoms with E-state index in [1.54, 1.807) is 6.20 Å². The fourth-order valence-electron chi connectivity index (χ4n) is 6.38. The number of carbonyl (C=O) groups is 3. The van der Waals surface area contributed by atoms with Crippen LogP contribution in [0.1, 0.15) is 44.7 Å². The third-order valence-corrected chi connectivity index (χ3v) is 9.02. The van der Waals surface area contributed by atoms with E-state index in [9.17, 15) is 19.5 Å². The van der Waals surface area contributed by atoms with Gasteiger partial charge in [0.2, 0.25) is 5.91 Å². The third kappa shape index (κ3) is 10.0. The minimum Gasteiger partial charge on any atom is -0.453 e. The van der Waals surface area contributed by atoms with Gasteiger partial charge in [0.25, 0.3) is 0 Å². The number of nitrogens with zero attached hydrogens (tertiary/aromatic N) is 2. The first-order valence-corrected chi connectivity index (χ1v) is 17.1. The number of hydrogen-bond acceptors (Lipinski definition) is 9. The maximum atomic E-state index is 13.7. The first-order valence-electron chi connectivity index (χ1n) is 17.1. The smallest absolute Gasteiger partial charge is 0.410 e. The maximum absolute atomic E-state index is 13.7. The average molecular weight is 689 g/mol. The summed E-state index contributed by atoms with van der Waals surface area (Å²) >= 11 is 0. The number of alkyl carbamates (subject to hydrolysis) is 1. The average Bonchev–Trinajstić information content (AvgIpc) is 3.72. The lowest BCUT2D eigenvalue weighted by Crippen LogP contribution is -2.56. The van der Waals surface area contributed by atoms with E-state index < -0.39 is 47.8 Å². The number of hydrogen-bond donors (Lipinski definition) is 3. The van der Waals surface area contributed by atoms with Crippen LogP contribution in [0.25, 0.3) is 11.3 Å². The number of methoxy groups -OCH3 is 1. The Hall–Kier alpha value is -4.52. The number of ether oxygens (including phenoxy) is 4. The van der Waals surface area contributed by atoms with Crippen molar-refractivity contribution in [3.05, 3.63) is 90.1 Å². The summed E-state index contributed by atoms with van der Waals surface area (Å²) in [5, 5.41) is 17.3. The van der Waals surface area contributed by atoms with Gasteiger partial charge in [-0.3, -0.25) is 9.78 Å². The zero-order valence-corrected chi connectivity index (χ0v) is 29.1. The molecule has 5 rings (SSSR count). The summed E-state index contributed by atoms with van der Waals surface area (Å²) in [7, 11) is 1.24. The molecule has 0 spiro atoms. The summed E-state index contributed by atoms with van der Waals surface area (Å²) in [4.78, 5) is 45.5. The first kappa shape index (κ1) is 36.8. The maximum Gasteiger partial charge on any atom is 0.410 e. The summed E-state index contributed by atoms with van der Waals surface area (Å²) in [6.07, 6.45) is -0.143. The molecule has 0 saturated carbocycles. The molecule has 3 heterocycles. The number of amides is 3. The highest BCUT2D eigenvalue weighted by Crippen LogP contribution is 2.33. The second-order valence-corrected chi connectivity index (χ2v) is 14.0. The predicted octanol–water partition coefficient (Wildman–Crippen LogP) is 4.70. The van der Waals surface area contributed by atoms with Crippen LogP contribution in [0.2, 0.25) is 0 Å². The van der Waals surface area contributed by atoms with Crippen molar-refractivity contribution in [2.24, 2.45) is 11.3 Å². The van der Waals surface area contributed by atoms with Crippen molar-refractivity contribution >= 4 is 18.1 Å². The van der Waals surface area contributed by atoms with Gasteiger partial charge in [0, 0.05) is 24.3 Å². The second-order valence-electron chi connectivity index (χ2n) is 14.0. The van der Waals surface area contributed by atoms with E-state index >= 15 is 0 Å². The van der Waals surface area contributed by atoms with Crippen molar-refractivity contribution < 1.29 is 38.4 Å². The number of benzene rings is 2. The molecule has 1 aromatic heterocycles. The van der Waals surface area contributed by atoms with Crippen LogP contribution in [0.4, 0.5) is 9.59 Å². The molecule has 12 heteroatoms. The Labute approximate surface area is 293 Å². The van der Waals surface area contributed by atoms with Crippen molar-refractivity contribution in [2.45, 2.75) is 77.2 Å². The van der Waals surface area contributed by atoms with Gasteiger partial charge >= 0.3 is 12.2 Å². The molecule has 3 aromatic rings. The Kier molecular flexibility index (Phi) is 12.4. The Morgan fingerprint density at radius 1 is 0.980 bits per heavy atom. The molecule has 12 nitrogen and oxygen atoms in total. The highest BCUT2D eigenvalue weighted by atomic mass is 16.7. The van der Waals surface area contributed by atoms with Crippen LogP contribution in [0.3, 0.4) is 0 Å². The monoisotopic (exact) mass is 688 g/mol. The van der Waals surface area contributed by atoms with E-state index in [1.807, 2.05) is 93.6 Å². The molecule has 6 atom stereocenters. The van der Waals surface area contributed by atoms with Gasteiger partial charge in [0.15, 0.2) is 6.29 Å². The lowest BCUT2D eigenvalue weighted by Gasteiger charge is -2.32. The molecule has 2 aliphatic heterocycles. The fraction of sp³-hybridized carbons (Fsp3) is 0.474. The molecule has 0 bridgehead atoms. The largest absolute Gasteiger partial charge is 0.453 e. The Morgan fingerprint density at radius 2 is 1.72 bits per heavy atom. The van der Waals surface area contributed by atoms with Gasteiger partial charge < -0.3 is 39.6 Å². The topological polar surface area (TPSA) is 149 Å². The van der Waals surface area contributed by atoms with Crippen LogP contribution < -0.4 is 10.6 Å². The number of rotatable bonds is 13. The highest BCUT2D eigenvalue weighted by molar-refractivity contribution is 5.86. The molecule has 3 amide bonds. The van der Waals surface area contributed by atoms with Gasteiger partial charge in [0.05, 0.1) is 44.6 Å². The van der Waals surface area contributed by atoms with Crippen molar-refractivity contribution in [3.63, 3.8) is 0 Å². The summed E-state index contributed by atoms with van der Waals surface area (Å²) in [6.45, 7) is 6.52. The SMILES string of the molecule is COC(=O)NC(C(=O)NC(Cc1ccc(-c2ccccn2)cc1)CC(O)CN(Cc1ccccc1)C(=O)O[C@H]1CO[C@@H]2OCC[C@@H]21)C(C)(C)C. The lowest BCUT2D eigenvalue weighted by molar-refractivity contribution is -0.126. The number of aliphatic hydroxyl groups excluding tert-OH is 1. The summed E-state index contributed by atoms with van der Waals surface area (Å²) in [5.74, 6) is -0.444. The Morgan fingerprint density at radius 3 is 2.40 bits per heavy atom. The van der Waals surface area contributed by atoms with Crippen LogP contribution >= 0.6 is 0 Å². The minimum atomic E-state index is -1.03. The normalized spacial score (nSPS) is 20.2. The van der Waals surface area contributed by atoms with Crippen LogP contribution in [0.5, 0.6) is 0 Å². The minimum absolute atomic E-state index is 0.0273.